The maximum absolute atomic E-state index is 11.8. The second kappa shape index (κ2) is 7.10. The number of rotatable bonds is 6. The Kier molecular flexibility index (Phi) is 5.99. The van der Waals surface area contributed by atoms with Crippen molar-refractivity contribution in [1.82, 2.24) is 5.32 Å². The molecule has 0 aromatic heterocycles. The lowest BCUT2D eigenvalue weighted by Gasteiger charge is -2.08. The highest BCUT2D eigenvalue weighted by Crippen LogP contribution is 2.16. The fourth-order valence-electron chi connectivity index (χ4n) is 1.32. The summed E-state index contributed by atoms with van der Waals surface area (Å²) in [5.74, 6) is -0.646. The Labute approximate surface area is 123 Å². The van der Waals surface area contributed by atoms with Gasteiger partial charge in [0.1, 0.15) is 6.61 Å². The molecular formula is C11H11ClF3NO4S. The number of nitrogens with one attached hydrogen (secondary N) is 1. The van der Waals surface area contributed by atoms with Gasteiger partial charge in [0, 0.05) is 22.8 Å². The quantitative estimate of drug-likeness (QED) is 0.631. The zero-order valence-electron chi connectivity index (χ0n) is 10.5. The molecule has 1 amide bonds. The molecule has 5 nitrogen and oxygen atoms in total. The lowest BCUT2D eigenvalue weighted by atomic mass is 10.2. The summed E-state index contributed by atoms with van der Waals surface area (Å²) >= 11 is 0. The predicted molar refractivity (Wildman–Crippen MR) is 68.7 cm³/mol. The third-order valence-electron chi connectivity index (χ3n) is 2.18. The van der Waals surface area contributed by atoms with Crippen molar-refractivity contribution < 1.29 is 31.1 Å². The Hall–Kier alpha value is -1.32. The lowest BCUT2D eigenvalue weighted by Crippen LogP contribution is -2.28. The largest absolute Gasteiger partial charge is 0.411 e. The number of benzene rings is 1. The minimum atomic E-state index is -4.42. The van der Waals surface area contributed by atoms with Crippen molar-refractivity contribution in [3.8, 4) is 0 Å². The van der Waals surface area contributed by atoms with Gasteiger partial charge in [-0.3, -0.25) is 4.79 Å². The lowest BCUT2D eigenvalue weighted by molar-refractivity contribution is -0.173. The first kappa shape index (κ1) is 17.7. The van der Waals surface area contributed by atoms with Crippen LogP contribution in [-0.2, 0) is 13.8 Å². The van der Waals surface area contributed by atoms with Crippen molar-refractivity contribution in [3.63, 3.8) is 0 Å². The number of hydrogen-bond donors (Lipinski definition) is 1. The van der Waals surface area contributed by atoms with Crippen LogP contribution < -0.4 is 5.32 Å². The van der Waals surface area contributed by atoms with Gasteiger partial charge < -0.3 is 10.1 Å². The number of halogens is 4. The normalized spacial score (nSPS) is 12.2. The van der Waals surface area contributed by atoms with E-state index in [9.17, 15) is 26.4 Å². The first-order chi connectivity index (χ1) is 9.59. The summed E-state index contributed by atoms with van der Waals surface area (Å²) in [6.45, 7) is -1.87. The van der Waals surface area contributed by atoms with Crippen LogP contribution in [0.1, 0.15) is 10.4 Å². The third kappa shape index (κ3) is 6.78. The average molecular weight is 346 g/mol. The summed E-state index contributed by atoms with van der Waals surface area (Å²) in [6.07, 6.45) is -4.42. The molecule has 0 saturated carbocycles. The second-order valence-electron chi connectivity index (χ2n) is 3.89. The zero-order chi connectivity index (χ0) is 16.1. The van der Waals surface area contributed by atoms with Crippen molar-refractivity contribution >= 4 is 25.6 Å². The maximum Gasteiger partial charge on any atom is 0.411 e. The molecule has 1 N–H and O–H groups in total. The van der Waals surface area contributed by atoms with Gasteiger partial charge in [-0.1, -0.05) is 6.07 Å². The van der Waals surface area contributed by atoms with Gasteiger partial charge in [-0.15, -0.1) is 0 Å². The van der Waals surface area contributed by atoms with Crippen molar-refractivity contribution in [2.24, 2.45) is 0 Å². The number of carbonyl (C=O) groups excluding carboxylic acids is 1. The molecule has 0 aliphatic carbocycles. The van der Waals surface area contributed by atoms with Crippen molar-refractivity contribution in [2.45, 2.75) is 11.1 Å². The molecule has 21 heavy (non-hydrogen) atoms. The Balaban J connectivity index is 2.50. The van der Waals surface area contributed by atoms with Crippen molar-refractivity contribution in [1.29, 1.82) is 0 Å². The molecule has 0 radical (unpaired) electrons. The summed E-state index contributed by atoms with van der Waals surface area (Å²) in [4.78, 5) is 11.4. The molecule has 0 spiro atoms. The fourth-order valence-corrected chi connectivity index (χ4v) is 2.11. The minimum Gasteiger partial charge on any atom is -0.370 e. The molecule has 1 aromatic carbocycles. The van der Waals surface area contributed by atoms with Gasteiger partial charge in [-0.2, -0.15) is 13.2 Å². The molecule has 0 saturated heterocycles. The van der Waals surface area contributed by atoms with Crippen molar-refractivity contribution in [3.05, 3.63) is 29.8 Å². The first-order valence-electron chi connectivity index (χ1n) is 5.57. The van der Waals surface area contributed by atoms with E-state index in [4.69, 9.17) is 10.7 Å². The summed E-state index contributed by atoms with van der Waals surface area (Å²) in [6, 6.07) is 4.95. The predicted octanol–water partition coefficient (Wildman–Crippen LogP) is 1.92. The van der Waals surface area contributed by atoms with E-state index in [2.05, 4.69) is 10.1 Å². The Morgan fingerprint density at radius 2 is 2.00 bits per heavy atom. The van der Waals surface area contributed by atoms with E-state index in [1.807, 2.05) is 0 Å². The number of amides is 1. The number of carbonyl (C=O) groups is 1. The van der Waals surface area contributed by atoms with Gasteiger partial charge in [-0.25, -0.2) is 8.42 Å². The average Bonchev–Trinajstić information content (AvgIpc) is 2.36. The van der Waals surface area contributed by atoms with E-state index < -0.39 is 27.7 Å². The van der Waals surface area contributed by atoms with Crippen LogP contribution in [0.2, 0.25) is 0 Å². The highest BCUT2D eigenvalue weighted by atomic mass is 35.7. The van der Waals surface area contributed by atoms with E-state index in [0.717, 1.165) is 6.07 Å². The number of alkyl halides is 3. The second-order valence-corrected chi connectivity index (χ2v) is 6.46. The smallest absolute Gasteiger partial charge is 0.370 e. The summed E-state index contributed by atoms with van der Waals surface area (Å²) in [7, 11) is 1.18. The van der Waals surface area contributed by atoms with Gasteiger partial charge in [0.15, 0.2) is 0 Å². The Bertz CT molecular complexity index is 604. The first-order valence-corrected chi connectivity index (χ1v) is 7.88. The summed E-state index contributed by atoms with van der Waals surface area (Å²) in [5, 5.41) is 2.29. The topological polar surface area (TPSA) is 72.5 Å². The molecule has 0 fully saturated rings. The van der Waals surface area contributed by atoms with Crippen LogP contribution >= 0.6 is 10.7 Å². The van der Waals surface area contributed by atoms with E-state index in [0.29, 0.717) is 0 Å². The Morgan fingerprint density at radius 1 is 1.33 bits per heavy atom. The van der Waals surface area contributed by atoms with Gasteiger partial charge in [0.05, 0.1) is 11.5 Å². The van der Waals surface area contributed by atoms with Crippen LogP contribution in [0.3, 0.4) is 0 Å². The third-order valence-corrected chi connectivity index (χ3v) is 3.53. The molecular weight excluding hydrogens is 335 g/mol. The van der Waals surface area contributed by atoms with Gasteiger partial charge in [0.2, 0.25) is 0 Å². The molecule has 10 heteroatoms. The van der Waals surface area contributed by atoms with E-state index in [-0.39, 0.29) is 23.6 Å². The van der Waals surface area contributed by atoms with E-state index >= 15 is 0 Å². The molecule has 1 aromatic rings. The van der Waals surface area contributed by atoms with Gasteiger partial charge in [0.25, 0.3) is 15.0 Å². The monoisotopic (exact) mass is 345 g/mol. The molecule has 118 valence electrons. The van der Waals surface area contributed by atoms with Crippen LogP contribution in [0.25, 0.3) is 0 Å². The van der Waals surface area contributed by atoms with Gasteiger partial charge in [-0.05, 0) is 18.2 Å². The highest BCUT2D eigenvalue weighted by molar-refractivity contribution is 8.13. The van der Waals surface area contributed by atoms with Crippen LogP contribution in [0.5, 0.6) is 0 Å². The highest BCUT2D eigenvalue weighted by Gasteiger charge is 2.27. The van der Waals surface area contributed by atoms with Crippen LogP contribution in [0.4, 0.5) is 13.2 Å². The molecule has 0 atom stereocenters. The molecule has 1 rings (SSSR count). The van der Waals surface area contributed by atoms with Crippen molar-refractivity contribution in [2.75, 3.05) is 19.8 Å². The standard InChI is InChI=1S/C11H11ClF3NO4S/c12-21(18,19)9-3-1-2-8(6-9)10(17)16-4-5-20-7-11(13,14)15/h1-3,6H,4-5,7H2,(H,16,17). The molecule has 0 aliphatic rings. The molecule has 0 heterocycles. The van der Waals surface area contributed by atoms with Crippen LogP contribution in [0, 0.1) is 0 Å². The van der Waals surface area contributed by atoms with E-state index in [1.165, 1.54) is 18.2 Å². The Morgan fingerprint density at radius 3 is 2.57 bits per heavy atom. The summed E-state index contributed by atoms with van der Waals surface area (Å²) < 4.78 is 61.9. The van der Waals surface area contributed by atoms with Crippen LogP contribution in [-0.4, -0.2) is 40.3 Å². The number of ether oxygens (including phenoxy) is 1. The number of hydrogen-bond acceptors (Lipinski definition) is 4. The SMILES string of the molecule is O=C(NCCOCC(F)(F)F)c1cccc(S(=O)(=O)Cl)c1. The minimum absolute atomic E-state index is 0.0209. The molecule has 0 aliphatic heterocycles. The maximum atomic E-state index is 11.8. The fraction of sp³-hybridized carbons (Fsp3) is 0.364. The van der Waals surface area contributed by atoms with Gasteiger partial charge >= 0.3 is 6.18 Å². The molecule has 0 unspecified atom stereocenters. The van der Waals surface area contributed by atoms with Crippen LogP contribution in [0.15, 0.2) is 29.2 Å². The summed E-state index contributed by atoms with van der Waals surface area (Å²) in [5.41, 5.74) is 0.0209. The van der Waals surface area contributed by atoms with E-state index in [1.54, 1.807) is 0 Å². The molecule has 0 bridgehead atoms. The zero-order valence-corrected chi connectivity index (χ0v) is 12.1.